The van der Waals surface area contributed by atoms with Crippen molar-refractivity contribution in [2.45, 2.75) is 30.6 Å². The molecule has 2 aliphatic rings. The predicted molar refractivity (Wildman–Crippen MR) is 126 cm³/mol. The van der Waals surface area contributed by atoms with Crippen LogP contribution >= 0.6 is 0 Å². The maximum absolute atomic E-state index is 13.0. The standard InChI is InChI=1S/C26H28N2O2Se/c1-3-17-16-28(13-14-31-18-9-5-4-6-10-18)22-15-20(17)24(26(29)30-2)23-19-11-7-8-12-21(19)27-25(22)23/h3-12,20,22,24,27H,13-16H2,1-2H3/b17-3-/t20-,22-,24-/m0/s1. The molecule has 1 aliphatic carbocycles. The molecule has 0 unspecified atom stereocenters. The Bertz CT molecular complexity index is 1120. The number of para-hydroxylation sites is 1. The van der Waals surface area contributed by atoms with Gasteiger partial charge < -0.3 is 0 Å². The molecular weight excluding hydrogens is 451 g/mol. The van der Waals surface area contributed by atoms with Crippen LogP contribution in [0.2, 0.25) is 5.32 Å². The summed E-state index contributed by atoms with van der Waals surface area (Å²) < 4.78 is 6.75. The molecule has 1 aromatic heterocycles. The Kier molecular flexibility index (Phi) is 5.75. The van der Waals surface area contributed by atoms with Crippen molar-refractivity contribution >= 4 is 36.3 Å². The van der Waals surface area contributed by atoms with E-state index in [1.54, 1.807) is 0 Å². The van der Waals surface area contributed by atoms with E-state index < -0.39 is 0 Å². The monoisotopic (exact) mass is 480 g/mol. The number of benzene rings is 2. The maximum atomic E-state index is 13.0. The molecule has 1 fully saturated rings. The zero-order chi connectivity index (χ0) is 21.4. The van der Waals surface area contributed by atoms with Gasteiger partial charge in [0.2, 0.25) is 0 Å². The third-order valence-corrected chi connectivity index (χ3v) is 8.90. The second kappa shape index (κ2) is 8.66. The molecule has 2 heterocycles. The molecule has 3 aromatic rings. The number of aromatic nitrogens is 1. The first-order valence-electron chi connectivity index (χ1n) is 11.0. The Labute approximate surface area is 189 Å². The quantitative estimate of drug-likeness (QED) is 0.339. The van der Waals surface area contributed by atoms with Crippen LogP contribution in [-0.4, -0.2) is 51.0 Å². The van der Waals surface area contributed by atoms with E-state index in [0.717, 1.165) is 36.0 Å². The van der Waals surface area contributed by atoms with Crippen LogP contribution in [0.4, 0.5) is 0 Å². The first kappa shape index (κ1) is 20.6. The second-order valence-corrected chi connectivity index (χ2v) is 10.8. The minimum absolute atomic E-state index is 0.116. The number of carbonyl (C=O) groups excluding carboxylic acids is 1. The van der Waals surface area contributed by atoms with Gasteiger partial charge in [0.25, 0.3) is 0 Å². The number of carbonyl (C=O) groups is 1. The number of piperidine rings is 1. The van der Waals surface area contributed by atoms with Crippen LogP contribution < -0.4 is 4.46 Å². The summed E-state index contributed by atoms with van der Waals surface area (Å²) in [6.07, 6.45) is 3.20. The van der Waals surface area contributed by atoms with Gasteiger partial charge in [0.15, 0.2) is 0 Å². The molecule has 2 aromatic carbocycles. The molecule has 1 saturated heterocycles. The van der Waals surface area contributed by atoms with Gasteiger partial charge in [0, 0.05) is 0 Å². The number of H-pyrrole nitrogens is 1. The number of aromatic amines is 1. The van der Waals surface area contributed by atoms with Gasteiger partial charge in [-0.2, -0.15) is 0 Å². The Morgan fingerprint density at radius 3 is 2.74 bits per heavy atom. The van der Waals surface area contributed by atoms with Crippen molar-refractivity contribution < 1.29 is 9.53 Å². The molecule has 0 spiro atoms. The van der Waals surface area contributed by atoms with Crippen LogP contribution in [-0.2, 0) is 9.53 Å². The molecule has 0 radical (unpaired) electrons. The van der Waals surface area contributed by atoms with Crippen molar-refractivity contribution in [1.82, 2.24) is 9.88 Å². The van der Waals surface area contributed by atoms with E-state index in [1.807, 2.05) is 0 Å². The zero-order valence-corrected chi connectivity index (χ0v) is 19.7. The van der Waals surface area contributed by atoms with Gasteiger partial charge in [-0.3, -0.25) is 0 Å². The predicted octanol–water partition coefficient (Wildman–Crippen LogP) is 4.20. The van der Waals surface area contributed by atoms with E-state index in [1.165, 1.54) is 28.2 Å². The van der Waals surface area contributed by atoms with Gasteiger partial charge in [0.05, 0.1) is 0 Å². The summed E-state index contributed by atoms with van der Waals surface area (Å²) in [6.45, 7) is 4.11. The van der Waals surface area contributed by atoms with Crippen molar-refractivity contribution in [3.05, 3.63) is 77.5 Å². The van der Waals surface area contributed by atoms with Crippen molar-refractivity contribution in [2.75, 3.05) is 20.2 Å². The topological polar surface area (TPSA) is 45.3 Å². The van der Waals surface area contributed by atoms with Crippen LogP contribution in [0, 0.1) is 5.92 Å². The number of allylic oxidation sites excluding steroid dienone is 1. The molecule has 5 heteroatoms. The van der Waals surface area contributed by atoms with Gasteiger partial charge in [-0.1, -0.05) is 0 Å². The average Bonchev–Trinajstić information content (AvgIpc) is 3.20. The summed E-state index contributed by atoms with van der Waals surface area (Å²) >= 11 is 0.473. The number of likely N-dealkylation sites (tertiary alicyclic amines) is 1. The van der Waals surface area contributed by atoms with E-state index >= 15 is 0 Å². The first-order chi connectivity index (χ1) is 15.2. The third kappa shape index (κ3) is 3.65. The summed E-state index contributed by atoms with van der Waals surface area (Å²) in [5.41, 5.74) is 4.86. The Balaban J connectivity index is 1.51. The summed E-state index contributed by atoms with van der Waals surface area (Å²) in [5, 5.41) is 2.35. The molecule has 1 aliphatic heterocycles. The van der Waals surface area contributed by atoms with E-state index in [-0.39, 0.29) is 17.8 Å². The Morgan fingerprint density at radius 2 is 1.97 bits per heavy atom. The number of rotatable bonds is 5. The molecule has 31 heavy (non-hydrogen) atoms. The Morgan fingerprint density at radius 1 is 1.19 bits per heavy atom. The number of hydrogen-bond donors (Lipinski definition) is 1. The molecule has 0 saturated carbocycles. The molecule has 4 nitrogen and oxygen atoms in total. The van der Waals surface area contributed by atoms with Gasteiger partial charge in [-0.15, -0.1) is 0 Å². The number of nitrogens with zero attached hydrogens (tertiary/aromatic N) is 1. The number of ether oxygens (including phenoxy) is 1. The second-order valence-electron chi connectivity index (χ2n) is 8.35. The van der Waals surface area contributed by atoms with Gasteiger partial charge in [-0.25, -0.2) is 0 Å². The van der Waals surface area contributed by atoms with E-state index in [2.05, 4.69) is 77.5 Å². The molecular formula is C26H28N2O2Se. The van der Waals surface area contributed by atoms with Crippen LogP contribution in [0.3, 0.4) is 0 Å². The first-order valence-corrected chi connectivity index (χ1v) is 13.0. The number of hydrogen-bond acceptors (Lipinski definition) is 3. The number of nitrogens with one attached hydrogen (secondary N) is 1. The number of esters is 1. The normalized spacial score (nSPS) is 24.3. The van der Waals surface area contributed by atoms with Crippen molar-refractivity contribution in [2.24, 2.45) is 5.92 Å². The zero-order valence-electron chi connectivity index (χ0n) is 18.0. The van der Waals surface area contributed by atoms with E-state index in [0.29, 0.717) is 21.0 Å². The van der Waals surface area contributed by atoms with Crippen molar-refractivity contribution in [1.29, 1.82) is 0 Å². The summed E-state index contributed by atoms with van der Waals surface area (Å²) in [6, 6.07) is 19.5. The molecule has 3 atom stereocenters. The van der Waals surface area contributed by atoms with Crippen LogP contribution in [0.5, 0.6) is 0 Å². The van der Waals surface area contributed by atoms with E-state index in [4.69, 9.17) is 4.74 Å². The van der Waals surface area contributed by atoms with Crippen LogP contribution in [0.15, 0.2) is 66.2 Å². The fraction of sp³-hybridized carbons (Fsp3) is 0.346. The number of fused-ring (bicyclic) bond motifs is 6. The molecule has 1 N–H and O–H groups in total. The molecule has 160 valence electrons. The molecule has 5 rings (SSSR count). The Hall–Kier alpha value is -2.33. The fourth-order valence-corrected chi connectivity index (χ4v) is 7.30. The third-order valence-electron chi connectivity index (χ3n) is 6.82. The van der Waals surface area contributed by atoms with Crippen molar-refractivity contribution in [3.63, 3.8) is 0 Å². The van der Waals surface area contributed by atoms with E-state index in [9.17, 15) is 4.79 Å². The summed E-state index contributed by atoms with van der Waals surface area (Å²) in [4.78, 5) is 19.3. The SMILES string of the molecule is C/C=C1/CN(CC[Se]c2ccccc2)[C@H]2C[C@@H]1[C@H](C(=O)OC)c1c2[nH]c2ccccc12. The van der Waals surface area contributed by atoms with Gasteiger partial charge in [-0.05, 0) is 0 Å². The van der Waals surface area contributed by atoms with Crippen LogP contribution in [0.1, 0.15) is 36.6 Å². The van der Waals surface area contributed by atoms with Crippen molar-refractivity contribution in [3.8, 4) is 0 Å². The molecule has 2 bridgehead atoms. The fourth-order valence-electron chi connectivity index (χ4n) is 5.38. The van der Waals surface area contributed by atoms with Gasteiger partial charge >= 0.3 is 190 Å². The minimum atomic E-state index is -0.228. The average molecular weight is 479 g/mol. The number of methoxy groups -OCH3 is 1. The molecule has 0 amide bonds. The summed E-state index contributed by atoms with van der Waals surface area (Å²) in [5.74, 6) is -0.131. The van der Waals surface area contributed by atoms with Gasteiger partial charge in [0.1, 0.15) is 0 Å². The van der Waals surface area contributed by atoms with Crippen LogP contribution in [0.25, 0.3) is 10.9 Å². The summed E-state index contributed by atoms with van der Waals surface area (Å²) in [7, 11) is 1.51.